The molecule has 6 fully saturated rings. The number of nitrogens with one attached hydrogen (secondary N) is 1. The number of nitrogens with zero attached hydrogens (tertiary/aromatic N) is 1. The van der Waals surface area contributed by atoms with Crippen molar-refractivity contribution in [2.24, 2.45) is 35.5 Å². The average Bonchev–Trinajstić information content (AvgIpc) is 2.70. The highest BCUT2D eigenvalue weighted by Gasteiger charge is 2.49. The van der Waals surface area contributed by atoms with Crippen molar-refractivity contribution in [1.82, 2.24) is 10.2 Å². The van der Waals surface area contributed by atoms with Crippen LogP contribution in [-0.4, -0.2) is 35.8 Å². The molecule has 0 aromatic heterocycles. The van der Waals surface area contributed by atoms with Crippen molar-refractivity contribution in [3.05, 3.63) is 0 Å². The van der Waals surface area contributed by atoms with Crippen LogP contribution in [-0.2, 0) is 9.59 Å². The van der Waals surface area contributed by atoms with E-state index in [1.165, 1.54) is 51.4 Å². The average molecular weight is 373 g/mol. The molecule has 6 aliphatic rings. The molecule has 6 rings (SSSR count). The minimum atomic E-state index is 0.123. The minimum Gasteiger partial charge on any atom is -0.353 e. The number of carbonyl (C=O) groups is 2. The first-order valence-electron chi connectivity index (χ1n) is 11.8. The Balaban J connectivity index is 1.12. The van der Waals surface area contributed by atoms with E-state index in [1.807, 2.05) is 0 Å². The van der Waals surface area contributed by atoms with Crippen LogP contribution in [0.1, 0.15) is 77.0 Å². The fraction of sp³-hybridized carbons (Fsp3) is 0.913. The summed E-state index contributed by atoms with van der Waals surface area (Å²) in [4.78, 5) is 27.8. The van der Waals surface area contributed by atoms with Crippen LogP contribution in [0.4, 0.5) is 0 Å². The second-order valence-corrected chi connectivity index (χ2v) is 10.4. The van der Waals surface area contributed by atoms with E-state index in [1.54, 1.807) is 0 Å². The highest BCUT2D eigenvalue weighted by Crippen LogP contribution is 2.53. The molecule has 5 saturated carbocycles. The van der Waals surface area contributed by atoms with Crippen LogP contribution in [0.15, 0.2) is 0 Å². The van der Waals surface area contributed by atoms with Gasteiger partial charge in [-0.15, -0.1) is 0 Å². The van der Waals surface area contributed by atoms with Crippen molar-refractivity contribution in [2.75, 3.05) is 13.1 Å². The molecule has 1 N–H and O–H groups in total. The van der Waals surface area contributed by atoms with Gasteiger partial charge in [0.2, 0.25) is 11.8 Å². The molecule has 5 aliphatic carbocycles. The topological polar surface area (TPSA) is 49.4 Å². The van der Waals surface area contributed by atoms with E-state index in [-0.39, 0.29) is 17.7 Å². The first kappa shape index (κ1) is 18.0. The number of piperidine rings is 1. The summed E-state index contributed by atoms with van der Waals surface area (Å²) in [5, 5.41) is 3.50. The maximum absolute atomic E-state index is 13.0. The molecule has 1 aliphatic heterocycles. The third kappa shape index (κ3) is 3.53. The zero-order valence-electron chi connectivity index (χ0n) is 16.7. The molecule has 0 unspecified atom stereocenters. The smallest absolute Gasteiger partial charge is 0.225 e. The number of hydrogen-bond donors (Lipinski definition) is 1. The Kier molecular flexibility index (Phi) is 4.94. The number of hydrogen-bond acceptors (Lipinski definition) is 2. The van der Waals surface area contributed by atoms with Gasteiger partial charge < -0.3 is 10.2 Å². The van der Waals surface area contributed by atoms with Crippen LogP contribution in [0, 0.1) is 35.5 Å². The van der Waals surface area contributed by atoms with Gasteiger partial charge in [-0.1, -0.05) is 19.3 Å². The maximum Gasteiger partial charge on any atom is 0.225 e. The van der Waals surface area contributed by atoms with Crippen LogP contribution in [0.25, 0.3) is 0 Å². The Hall–Kier alpha value is -1.06. The summed E-state index contributed by atoms with van der Waals surface area (Å²) >= 11 is 0. The SMILES string of the molecule is O=C(NC1C2CC3CC(C2)CC1C3)C1CCN(C(=O)C2CCCCC2)CC1. The predicted molar refractivity (Wildman–Crippen MR) is 105 cm³/mol. The van der Waals surface area contributed by atoms with Crippen LogP contribution >= 0.6 is 0 Å². The Bertz CT molecular complexity index is 547. The third-order valence-corrected chi connectivity index (χ3v) is 8.67. The number of rotatable bonds is 3. The fourth-order valence-electron chi connectivity index (χ4n) is 7.41. The summed E-state index contributed by atoms with van der Waals surface area (Å²) < 4.78 is 0. The van der Waals surface area contributed by atoms with E-state index in [9.17, 15) is 9.59 Å². The first-order chi connectivity index (χ1) is 13.2. The van der Waals surface area contributed by atoms with Gasteiger partial charge in [0.1, 0.15) is 0 Å². The lowest BCUT2D eigenvalue weighted by Crippen LogP contribution is -2.57. The molecule has 1 heterocycles. The predicted octanol–water partition coefficient (Wildman–Crippen LogP) is 3.75. The zero-order chi connectivity index (χ0) is 18.4. The Morgan fingerprint density at radius 1 is 0.704 bits per heavy atom. The molecular formula is C23H36N2O2. The fourth-order valence-corrected chi connectivity index (χ4v) is 7.41. The molecule has 1 saturated heterocycles. The summed E-state index contributed by atoms with van der Waals surface area (Å²) in [6.45, 7) is 1.57. The van der Waals surface area contributed by atoms with E-state index in [0.29, 0.717) is 11.9 Å². The molecule has 2 amide bonds. The van der Waals surface area contributed by atoms with Crippen molar-refractivity contribution in [2.45, 2.75) is 83.1 Å². The quantitative estimate of drug-likeness (QED) is 0.820. The van der Waals surface area contributed by atoms with Gasteiger partial charge in [-0.25, -0.2) is 0 Å². The Labute approximate surface area is 163 Å². The van der Waals surface area contributed by atoms with E-state index in [2.05, 4.69) is 10.2 Å². The second kappa shape index (κ2) is 7.40. The molecule has 150 valence electrons. The standard InChI is InChI=1S/C23H36N2O2/c26-22(24-21-19-11-15-10-16(13-19)14-20(21)12-15)17-6-8-25(9-7-17)23(27)18-4-2-1-3-5-18/h15-21H,1-14H2,(H,24,26). The van der Waals surface area contributed by atoms with Gasteiger partial charge in [-0.2, -0.15) is 0 Å². The lowest BCUT2D eigenvalue weighted by atomic mass is 9.54. The maximum atomic E-state index is 13.0. The molecule has 4 nitrogen and oxygen atoms in total. The molecule has 0 aromatic rings. The number of amides is 2. The van der Waals surface area contributed by atoms with Crippen molar-refractivity contribution in [3.8, 4) is 0 Å². The van der Waals surface area contributed by atoms with Crippen LogP contribution in [0.5, 0.6) is 0 Å². The molecule has 4 bridgehead atoms. The van der Waals surface area contributed by atoms with Gasteiger partial charge in [0.25, 0.3) is 0 Å². The zero-order valence-corrected chi connectivity index (χ0v) is 16.7. The minimum absolute atomic E-state index is 0.123. The normalized spacial score (nSPS) is 39.6. The summed E-state index contributed by atoms with van der Waals surface area (Å²) in [5.74, 6) is 4.45. The van der Waals surface area contributed by atoms with Crippen molar-refractivity contribution in [1.29, 1.82) is 0 Å². The molecule has 4 heteroatoms. The lowest BCUT2D eigenvalue weighted by molar-refractivity contribution is -0.140. The van der Waals surface area contributed by atoms with Gasteiger partial charge in [0, 0.05) is 31.0 Å². The van der Waals surface area contributed by atoms with E-state index in [4.69, 9.17) is 0 Å². The van der Waals surface area contributed by atoms with Crippen LogP contribution < -0.4 is 5.32 Å². The lowest BCUT2D eigenvalue weighted by Gasteiger charge is -2.54. The molecule has 27 heavy (non-hydrogen) atoms. The van der Waals surface area contributed by atoms with Gasteiger partial charge in [0.15, 0.2) is 0 Å². The van der Waals surface area contributed by atoms with Gasteiger partial charge in [0.05, 0.1) is 0 Å². The molecule has 0 atom stereocenters. The van der Waals surface area contributed by atoms with Gasteiger partial charge in [-0.3, -0.25) is 9.59 Å². The Morgan fingerprint density at radius 3 is 1.89 bits per heavy atom. The second-order valence-electron chi connectivity index (χ2n) is 10.4. The first-order valence-corrected chi connectivity index (χ1v) is 11.8. The van der Waals surface area contributed by atoms with Crippen molar-refractivity contribution in [3.63, 3.8) is 0 Å². The van der Waals surface area contributed by atoms with E-state index >= 15 is 0 Å². The third-order valence-electron chi connectivity index (χ3n) is 8.67. The van der Waals surface area contributed by atoms with Gasteiger partial charge in [-0.05, 0) is 81.5 Å². The Morgan fingerprint density at radius 2 is 1.30 bits per heavy atom. The van der Waals surface area contributed by atoms with Crippen LogP contribution in [0.3, 0.4) is 0 Å². The molecule has 0 spiro atoms. The summed E-state index contributed by atoms with van der Waals surface area (Å²) in [6, 6.07) is 0.451. The van der Waals surface area contributed by atoms with Crippen molar-refractivity contribution >= 4 is 11.8 Å². The largest absolute Gasteiger partial charge is 0.353 e. The van der Waals surface area contributed by atoms with E-state index < -0.39 is 0 Å². The van der Waals surface area contributed by atoms with E-state index in [0.717, 1.165) is 62.4 Å². The summed E-state index contributed by atoms with van der Waals surface area (Å²) in [7, 11) is 0. The van der Waals surface area contributed by atoms with Crippen LogP contribution in [0.2, 0.25) is 0 Å². The molecular weight excluding hydrogens is 336 g/mol. The summed E-state index contributed by atoms with van der Waals surface area (Å²) in [5.41, 5.74) is 0. The highest BCUT2D eigenvalue weighted by molar-refractivity contribution is 5.81. The highest BCUT2D eigenvalue weighted by atomic mass is 16.2. The van der Waals surface area contributed by atoms with Crippen molar-refractivity contribution < 1.29 is 9.59 Å². The van der Waals surface area contributed by atoms with Gasteiger partial charge >= 0.3 is 0 Å². The molecule has 0 radical (unpaired) electrons. The monoisotopic (exact) mass is 372 g/mol. The number of likely N-dealkylation sites (tertiary alicyclic amines) is 1. The molecule has 0 aromatic carbocycles. The number of carbonyl (C=O) groups excluding carboxylic acids is 2. The summed E-state index contributed by atoms with van der Waals surface area (Å²) in [6.07, 6.45) is 14.4.